The van der Waals surface area contributed by atoms with Crippen molar-refractivity contribution in [2.45, 2.75) is 24.8 Å². The van der Waals surface area contributed by atoms with Gasteiger partial charge in [-0.05, 0) is 54.8 Å². The molecule has 142 valence electrons. The summed E-state index contributed by atoms with van der Waals surface area (Å²) in [6.07, 6.45) is 1.18. The number of hydrogen-bond donors (Lipinski definition) is 3. The molecule has 5 nitrogen and oxygen atoms in total. The number of carbonyl (C=O) groups excluding carboxylic acids is 2. The number of anilines is 1. The maximum Gasteiger partial charge on any atom is 0.313 e. The number of fused-ring (bicyclic) bond motifs is 1. The summed E-state index contributed by atoms with van der Waals surface area (Å²) >= 11 is 11.9. The summed E-state index contributed by atoms with van der Waals surface area (Å²) in [5, 5.41) is 5.68. The molecule has 0 aliphatic heterocycles. The topological polar surface area (TPSA) is 84.2 Å². The van der Waals surface area contributed by atoms with Crippen LogP contribution in [0, 0.1) is 5.82 Å². The lowest BCUT2D eigenvalue weighted by atomic mass is 9.94. The van der Waals surface area contributed by atoms with E-state index in [1.807, 2.05) is 12.1 Å². The number of benzene rings is 2. The summed E-state index contributed by atoms with van der Waals surface area (Å²) < 4.78 is 13.5. The summed E-state index contributed by atoms with van der Waals surface area (Å²) in [5.41, 5.74) is 7.86. The van der Waals surface area contributed by atoms with E-state index >= 15 is 0 Å². The number of amides is 2. The van der Waals surface area contributed by atoms with Crippen molar-refractivity contribution < 1.29 is 14.0 Å². The molecule has 0 spiro atoms. The summed E-state index contributed by atoms with van der Waals surface area (Å²) in [7, 11) is 0. The lowest BCUT2D eigenvalue weighted by Crippen LogP contribution is -2.44. The van der Waals surface area contributed by atoms with Gasteiger partial charge in [-0.15, -0.1) is 0 Å². The molecule has 1 aliphatic carbocycles. The first-order chi connectivity index (χ1) is 12.9. The Morgan fingerprint density at radius 3 is 2.63 bits per heavy atom. The lowest BCUT2D eigenvalue weighted by molar-refractivity contribution is -0.136. The first-order valence-electron chi connectivity index (χ1n) is 8.45. The van der Waals surface area contributed by atoms with E-state index < -0.39 is 17.6 Å². The Labute approximate surface area is 166 Å². The average molecular weight is 410 g/mol. The Morgan fingerprint density at radius 1 is 1.15 bits per heavy atom. The van der Waals surface area contributed by atoms with E-state index in [-0.39, 0.29) is 22.7 Å². The van der Waals surface area contributed by atoms with Gasteiger partial charge in [-0.2, -0.15) is 0 Å². The second-order valence-corrected chi connectivity index (χ2v) is 7.17. The minimum Gasteiger partial charge on any atom is -0.344 e. The molecule has 0 fully saturated rings. The second-order valence-electron chi connectivity index (χ2n) is 6.36. The maximum absolute atomic E-state index is 13.5. The van der Waals surface area contributed by atoms with Crippen molar-refractivity contribution in [3.63, 3.8) is 0 Å². The molecule has 0 bridgehead atoms. The Balaban J connectivity index is 1.70. The van der Waals surface area contributed by atoms with Gasteiger partial charge < -0.3 is 16.4 Å². The molecule has 0 heterocycles. The van der Waals surface area contributed by atoms with Crippen LogP contribution in [0.5, 0.6) is 0 Å². The predicted molar refractivity (Wildman–Crippen MR) is 104 cm³/mol. The van der Waals surface area contributed by atoms with E-state index in [0.717, 1.165) is 17.2 Å². The fourth-order valence-corrected chi connectivity index (χ4v) is 3.78. The van der Waals surface area contributed by atoms with Crippen LogP contribution in [0.2, 0.25) is 10.0 Å². The standard InChI is InChI=1S/C19H18Cl2FN3O2/c20-14-3-1-2-11-12(6-7-23)17(9-13(11)14)25-19(27)18(26)24-10-4-5-15(21)16(22)8-10/h1-5,8,12,17H,6-7,9,23H2,(H,24,26)(H,25,27). The van der Waals surface area contributed by atoms with Crippen LogP contribution in [0.15, 0.2) is 36.4 Å². The molecule has 2 aromatic carbocycles. The van der Waals surface area contributed by atoms with E-state index in [9.17, 15) is 14.0 Å². The molecule has 0 saturated heterocycles. The van der Waals surface area contributed by atoms with Crippen LogP contribution in [0.3, 0.4) is 0 Å². The lowest BCUT2D eigenvalue weighted by Gasteiger charge is -2.21. The average Bonchev–Trinajstić information content (AvgIpc) is 2.97. The molecular weight excluding hydrogens is 392 g/mol. The van der Waals surface area contributed by atoms with E-state index in [1.165, 1.54) is 12.1 Å². The Hall–Kier alpha value is -2.15. The first kappa shape index (κ1) is 19.6. The number of rotatable bonds is 4. The van der Waals surface area contributed by atoms with Crippen molar-refractivity contribution in [1.82, 2.24) is 5.32 Å². The van der Waals surface area contributed by atoms with Gasteiger partial charge in [-0.25, -0.2) is 4.39 Å². The SMILES string of the molecule is NCCC1c2cccc(Cl)c2CC1NC(=O)C(=O)Nc1ccc(Cl)c(F)c1. The fourth-order valence-electron chi connectivity index (χ4n) is 3.40. The molecule has 0 saturated carbocycles. The van der Waals surface area contributed by atoms with Crippen molar-refractivity contribution in [1.29, 1.82) is 0 Å². The van der Waals surface area contributed by atoms with E-state index in [1.54, 1.807) is 6.07 Å². The summed E-state index contributed by atoms with van der Waals surface area (Å²) in [5.74, 6) is -2.39. The van der Waals surface area contributed by atoms with E-state index in [2.05, 4.69) is 10.6 Å². The quantitative estimate of drug-likeness (QED) is 0.677. The minimum absolute atomic E-state index is 0.0200. The van der Waals surface area contributed by atoms with Gasteiger partial charge in [-0.1, -0.05) is 35.3 Å². The molecular formula is C19H18Cl2FN3O2. The van der Waals surface area contributed by atoms with Crippen LogP contribution in [0.25, 0.3) is 0 Å². The third-order valence-electron chi connectivity index (χ3n) is 4.64. The van der Waals surface area contributed by atoms with Gasteiger partial charge in [0.1, 0.15) is 5.82 Å². The van der Waals surface area contributed by atoms with Gasteiger partial charge in [0.2, 0.25) is 0 Å². The molecule has 0 radical (unpaired) electrons. The Kier molecular flexibility index (Phi) is 5.99. The van der Waals surface area contributed by atoms with Crippen molar-refractivity contribution in [3.8, 4) is 0 Å². The molecule has 8 heteroatoms. The van der Waals surface area contributed by atoms with Crippen molar-refractivity contribution in [2.24, 2.45) is 5.73 Å². The van der Waals surface area contributed by atoms with Crippen molar-refractivity contribution in [2.75, 3.05) is 11.9 Å². The van der Waals surface area contributed by atoms with Gasteiger partial charge in [0, 0.05) is 22.7 Å². The summed E-state index contributed by atoms with van der Waals surface area (Å²) in [6, 6.07) is 9.10. The van der Waals surface area contributed by atoms with Crippen LogP contribution in [0.4, 0.5) is 10.1 Å². The number of halogens is 3. The minimum atomic E-state index is -0.884. The zero-order chi connectivity index (χ0) is 19.6. The van der Waals surface area contributed by atoms with Crippen LogP contribution >= 0.6 is 23.2 Å². The first-order valence-corrected chi connectivity index (χ1v) is 9.20. The second kappa shape index (κ2) is 8.25. The highest BCUT2D eigenvalue weighted by molar-refractivity contribution is 6.39. The third-order valence-corrected chi connectivity index (χ3v) is 5.30. The Morgan fingerprint density at radius 2 is 1.93 bits per heavy atom. The third kappa shape index (κ3) is 4.24. The highest BCUT2D eigenvalue weighted by atomic mass is 35.5. The highest BCUT2D eigenvalue weighted by Gasteiger charge is 2.35. The molecule has 27 heavy (non-hydrogen) atoms. The number of hydrogen-bond acceptors (Lipinski definition) is 3. The molecule has 2 atom stereocenters. The number of nitrogens with one attached hydrogen (secondary N) is 2. The van der Waals surface area contributed by atoms with E-state index in [0.29, 0.717) is 24.4 Å². The zero-order valence-corrected chi connectivity index (χ0v) is 15.8. The van der Waals surface area contributed by atoms with Crippen molar-refractivity contribution >= 4 is 40.7 Å². The largest absolute Gasteiger partial charge is 0.344 e. The molecule has 2 unspecified atom stereocenters. The van der Waals surface area contributed by atoms with Crippen LogP contribution < -0.4 is 16.4 Å². The molecule has 4 N–H and O–H groups in total. The van der Waals surface area contributed by atoms with Crippen LogP contribution in [-0.4, -0.2) is 24.4 Å². The van der Waals surface area contributed by atoms with E-state index in [4.69, 9.17) is 28.9 Å². The van der Waals surface area contributed by atoms with Gasteiger partial charge in [0.25, 0.3) is 0 Å². The van der Waals surface area contributed by atoms with Crippen LogP contribution in [-0.2, 0) is 16.0 Å². The molecule has 2 aromatic rings. The normalized spacial score (nSPS) is 18.1. The van der Waals surface area contributed by atoms with Crippen LogP contribution in [0.1, 0.15) is 23.5 Å². The van der Waals surface area contributed by atoms with Gasteiger partial charge >= 0.3 is 11.8 Å². The van der Waals surface area contributed by atoms with Gasteiger partial charge in [-0.3, -0.25) is 9.59 Å². The summed E-state index contributed by atoms with van der Waals surface area (Å²) in [4.78, 5) is 24.5. The van der Waals surface area contributed by atoms with Gasteiger partial charge in [0.15, 0.2) is 0 Å². The van der Waals surface area contributed by atoms with Crippen molar-refractivity contribution in [3.05, 3.63) is 63.4 Å². The fraction of sp³-hybridized carbons (Fsp3) is 0.263. The summed E-state index contributed by atoms with van der Waals surface area (Å²) in [6.45, 7) is 0.444. The highest BCUT2D eigenvalue weighted by Crippen LogP contribution is 2.39. The Bertz CT molecular complexity index is 891. The smallest absolute Gasteiger partial charge is 0.313 e. The molecule has 3 rings (SSSR count). The number of carbonyl (C=O) groups is 2. The molecule has 0 aromatic heterocycles. The predicted octanol–water partition coefficient (Wildman–Crippen LogP) is 3.24. The monoisotopic (exact) mass is 409 g/mol. The number of nitrogens with two attached hydrogens (primary N) is 1. The van der Waals surface area contributed by atoms with Gasteiger partial charge in [0.05, 0.1) is 5.02 Å². The molecule has 1 aliphatic rings. The zero-order valence-electron chi connectivity index (χ0n) is 14.3. The maximum atomic E-state index is 13.5. The molecule has 2 amide bonds.